The molecule has 2 aromatic rings. The molecule has 0 saturated heterocycles. The Kier molecular flexibility index (Phi) is 1.53. The highest BCUT2D eigenvalue weighted by Gasteiger charge is 2.07. The van der Waals surface area contributed by atoms with Gasteiger partial charge in [-0.3, -0.25) is 4.98 Å². The van der Waals surface area contributed by atoms with Gasteiger partial charge in [-0.2, -0.15) is 0 Å². The Morgan fingerprint density at radius 2 is 2.29 bits per heavy atom. The minimum Gasteiger partial charge on any atom is -0.465 e. The third kappa shape index (κ3) is 1.08. The van der Waals surface area contributed by atoms with E-state index in [2.05, 4.69) is 11.1 Å². The van der Waals surface area contributed by atoms with Gasteiger partial charge in [0.1, 0.15) is 5.75 Å². The molecule has 0 atom stereocenters. The number of ether oxygens (including phenoxy) is 1. The lowest BCUT2D eigenvalue weighted by Gasteiger charge is -2.12. The topological polar surface area (TPSA) is 22.1 Å². The van der Waals surface area contributed by atoms with Crippen LogP contribution in [0, 0.1) is 0 Å². The summed E-state index contributed by atoms with van der Waals surface area (Å²) in [6, 6.07) is 8.12. The van der Waals surface area contributed by atoms with Gasteiger partial charge in [-0.15, -0.1) is 0 Å². The Labute approximate surface area is 81.8 Å². The van der Waals surface area contributed by atoms with Crippen LogP contribution in [-0.4, -0.2) is 4.98 Å². The van der Waals surface area contributed by atoms with Gasteiger partial charge in [0.05, 0.1) is 11.8 Å². The van der Waals surface area contributed by atoms with Crippen molar-refractivity contribution in [2.75, 3.05) is 0 Å². The highest BCUT2D eigenvalue weighted by atomic mass is 16.5. The van der Waals surface area contributed by atoms with E-state index in [9.17, 15) is 0 Å². The van der Waals surface area contributed by atoms with E-state index in [-0.39, 0.29) is 0 Å². The first kappa shape index (κ1) is 7.56. The van der Waals surface area contributed by atoms with E-state index in [1.165, 1.54) is 5.56 Å². The van der Waals surface area contributed by atoms with Crippen LogP contribution < -0.4 is 4.74 Å². The molecule has 3 rings (SSSR count). The summed E-state index contributed by atoms with van der Waals surface area (Å²) in [6.45, 7) is 0. The molecule has 1 aromatic carbocycles. The summed E-state index contributed by atoms with van der Waals surface area (Å²) in [5.74, 6) is 0.952. The summed E-state index contributed by atoms with van der Waals surface area (Å²) in [5, 5.41) is 1.13. The molecule has 0 aliphatic carbocycles. The van der Waals surface area contributed by atoms with Gasteiger partial charge in [0.2, 0.25) is 0 Å². The molecule has 0 unspecified atom stereocenters. The van der Waals surface area contributed by atoms with Crippen LogP contribution in [0.2, 0.25) is 0 Å². The van der Waals surface area contributed by atoms with Crippen LogP contribution in [0.3, 0.4) is 0 Å². The fourth-order valence-electron chi connectivity index (χ4n) is 1.71. The fraction of sp³-hybridized carbons (Fsp3) is 0.0833. The van der Waals surface area contributed by atoms with Crippen molar-refractivity contribution in [1.82, 2.24) is 4.98 Å². The van der Waals surface area contributed by atoms with Crippen LogP contribution in [-0.2, 0) is 6.42 Å². The predicted octanol–water partition coefficient (Wildman–Crippen LogP) is 2.68. The molecule has 1 aliphatic rings. The Hall–Kier alpha value is -1.83. The van der Waals surface area contributed by atoms with E-state index in [0.29, 0.717) is 0 Å². The molecule has 1 aromatic heterocycles. The molecule has 0 fully saturated rings. The first-order valence-corrected chi connectivity index (χ1v) is 4.63. The maximum atomic E-state index is 5.42. The third-order valence-corrected chi connectivity index (χ3v) is 2.41. The quantitative estimate of drug-likeness (QED) is 0.626. The fourth-order valence-corrected chi connectivity index (χ4v) is 1.71. The Bertz CT molecular complexity index is 470. The second kappa shape index (κ2) is 2.84. The molecule has 0 amide bonds. The number of rotatable bonds is 0. The molecular weight excluding hydrogens is 174 g/mol. The standard InChI is InChI=1S/C12H9NO/c1-3-9-8-12-10(4-2-6-14-12)7-11(9)13-5-1/h1-3,5-8H,4H2. The molecule has 2 heterocycles. The number of allylic oxidation sites excluding steroid dienone is 1. The van der Waals surface area contributed by atoms with Gasteiger partial charge in [0.15, 0.2) is 0 Å². The average Bonchev–Trinajstić information content (AvgIpc) is 2.26. The van der Waals surface area contributed by atoms with E-state index in [4.69, 9.17) is 4.74 Å². The number of fused-ring (bicyclic) bond motifs is 2. The van der Waals surface area contributed by atoms with Crippen molar-refractivity contribution in [2.24, 2.45) is 0 Å². The maximum absolute atomic E-state index is 5.42. The van der Waals surface area contributed by atoms with Crippen LogP contribution in [0.1, 0.15) is 5.56 Å². The molecule has 14 heavy (non-hydrogen) atoms. The molecule has 1 aliphatic heterocycles. The molecule has 68 valence electrons. The summed E-state index contributed by atoms with van der Waals surface area (Å²) < 4.78 is 5.42. The van der Waals surface area contributed by atoms with Crippen molar-refractivity contribution in [1.29, 1.82) is 0 Å². The van der Waals surface area contributed by atoms with Crippen molar-refractivity contribution in [3.63, 3.8) is 0 Å². The molecular formula is C12H9NO. The Balaban J connectivity index is 2.30. The zero-order chi connectivity index (χ0) is 9.38. The van der Waals surface area contributed by atoms with Gasteiger partial charge in [-0.25, -0.2) is 0 Å². The number of aromatic nitrogens is 1. The second-order valence-electron chi connectivity index (χ2n) is 3.35. The van der Waals surface area contributed by atoms with Crippen LogP contribution in [0.5, 0.6) is 5.75 Å². The van der Waals surface area contributed by atoms with Crippen molar-refractivity contribution in [2.45, 2.75) is 6.42 Å². The Morgan fingerprint density at radius 3 is 3.29 bits per heavy atom. The number of hydrogen-bond donors (Lipinski definition) is 0. The van der Waals surface area contributed by atoms with Crippen molar-refractivity contribution in [3.05, 3.63) is 48.4 Å². The first-order chi connectivity index (χ1) is 6.93. The summed E-state index contributed by atoms with van der Waals surface area (Å²) in [5.41, 5.74) is 2.24. The number of nitrogens with zero attached hydrogens (tertiary/aromatic N) is 1. The summed E-state index contributed by atoms with van der Waals surface area (Å²) in [6.07, 6.45) is 6.50. The molecule has 0 saturated carbocycles. The van der Waals surface area contributed by atoms with E-state index < -0.39 is 0 Å². The van der Waals surface area contributed by atoms with Crippen LogP contribution >= 0.6 is 0 Å². The number of benzene rings is 1. The lowest BCUT2D eigenvalue weighted by molar-refractivity contribution is 0.465. The van der Waals surface area contributed by atoms with Gasteiger partial charge < -0.3 is 4.74 Å². The normalized spacial score (nSPS) is 13.7. The van der Waals surface area contributed by atoms with Crippen LogP contribution in [0.4, 0.5) is 0 Å². The van der Waals surface area contributed by atoms with Crippen molar-refractivity contribution < 1.29 is 4.74 Å². The van der Waals surface area contributed by atoms with Gasteiger partial charge in [0, 0.05) is 17.1 Å². The van der Waals surface area contributed by atoms with Crippen molar-refractivity contribution in [3.8, 4) is 5.75 Å². The SMILES string of the molecule is C1=COc2cc3cccnc3cc2C1. The summed E-state index contributed by atoms with van der Waals surface area (Å²) in [4.78, 5) is 4.31. The number of hydrogen-bond acceptors (Lipinski definition) is 2. The molecule has 0 bridgehead atoms. The third-order valence-electron chi connectivity index (χ3n) is 2.41. The predicted molar refractivity (Wildman–Crippen MR) is 55.2 cm³/mol. The maximum Gasteiger partial charge on any atom is 0.130 e. The van der Waals surface area contributed by atoms with E-state index in [0.717, 1.165) is 23.1 Å². The van der Waals surface area contributed by atoms with E-state index in [1.54, 1.807) is 6.26 Å². The first-order valence-electron chi connectivity index (χ1n) is 4.63. The smallest absolute Gasteiger partial charge is 0.130 e. The van der Waals surface area contributed by atoms with E-state index in [1.807, 2.05) is 30.5 Å². The van der Waals surface area contributed by atoms with Gasteiger partial charge in [0.25, 0.3) is 0 Å². The lowest BCUT2D eigenvalue weighted by atomic mass is 10.1. The molecule has 0 N–H and O–H groups in total. The molecule has 2 heteroatoms. The van der Waals surface area contributed by atoms with Crippen LogP contribution in [0.25, 0.3) is 10.9 Å². The minimum atomic E-state index is 0.932. The van der Waals surface area contributed by atoms with Gasteiger partial charge in [-0.05, 0) is 30.7 Å². The van der Waals surface area contributed by atoms with Crippen LogP contribution in [0.15, 0.2) is 42.8 Å². The lowest BCUT2D eigenvalue weighted by Crippen LogP contribution is -1.96. The average molecular weight is 183 g/mol. The Morgan fingerprint density at radius 1 is 1.29 bits per heavy atom. The molecule has 2 nitrogen and oxygen atoms in total. The highest BCUT2D eigenvalue weighted by molar-refractivity contribution is 5.81. The minimum absolute atomic E-state index is 0.932. The zero-order valence-corrected chi connectivity index (χ0v) is 7.60. The number of pyridine rings is 1. The summed E-state index contributed by atoms with van der Waals surface area (Å²) >= 11 is 0. The zero-order valence-electron chi connectivity index (χ0n) is 7.60. The highest BCUT2D eigenvalue weighted by Crippen LogP contribution is 2.27. The van der Waals surface area contributed by atoms with Gasteiger partial charge >= 0.3 is 0 Å². The second-order valence-corrected chi connectivity index (χ2v) is 3.35. The molecule has 0 spiro atoms. The van der Waals surface area contributed by atoms with E-state index >= 15 is 0 Å². The summed E-state index contributed by atoms with van der Waals surface area (Å²) in [7, 11) is 0. The van der Waals surface area contributed by atoms with Gasteiger partial charge in [-0.1, -0.05) is 6.07 Å². The monoisotopic (exact) mass is 183 g/mol. The largest absolute Gasteiger partial charge is 0.465 e. The molecule has 0 radical (unpaired) electrons. The van der Waals surface area contributed by atoms with Crippen molar-refractivity contribution >= 4 is 10.9 Å².